The maximum absolute atomic E-state index is 14.6. The third-order valence-electron chi connectivity index (χ3n) is 5.01. The molecular weight excluding hydrogens is 460 g/mol. The van der Waals surface area contributed by atoms with Crippen LogP contribution in [0.3, 0.4) is 0 Å². The summed E-state index contributed by atoms with van der Waals surface area (Å²) in [5.41, 5.74) is -1.64. The third-order valence-corrected chi connectivity index (χ3v) is 7.46. The molecule has 32 heavy (non-hydrogen) atoms. The van der Waals surface area contributed by atoms with Crippen molar-refractivity contribution in [2.24, 2.45) is 0 Å². The van der Waals surface area contributed by atoms with Gasteiger partial charge < -0.3 is 5.11 Å². The number of thioether (sulfide) groups is 1. The second-order valence-corrected chi connectivity index (χ2v) is 10.7. The SMILES string of the molecule is C[C@@H](SCC(=O)c1ccc(S(C)(=O)=O)cc1)[C@](O)(Cn1cncn1)c1ccc(F)cc1F. The van der Waals surface area contributed by atoms with Gasteiger partial charge in [-0.25, -0.2) is 26.9 Å². The molecule has 2 atom stereocenters. The molecule has 7 nitrogen and oxygen atoms in total. The van der Waals surface area contributed by atoms with Gasteiger partial charge in [0.1, 0.15) is 29.9 Å². The highest BCUT2D eigenvalue weighted by Crippen LogP contribution is 2.36. The minimum atomic E-state index is -3.38. The molecule has 1 N–H and O–H groups in total. The van der Waals surface area contributed by atoms with Crippen LogP contribution >= 0.6 is 11.8 Å². The van der Waals surface area contributed by atoms with Gasteiger partial charge >= 0.3 is 0 Å². The summed E-state index contributed by atoms with van der Waals surface area (Å²) in [6.45, 7) is 1.46. The van der Waals surface area contributed by atoms with Crippen LogP contribution in [0.5, 0.6) is 0 Å². The van der Waals surface area contributed by atoms with Gasteiger partial charge in [0.25, 0.3) is 0 Å². The Balaban J connectivity index is 1.80. The van der Waals surface area contributed by atoms with E-state index >= 15 is 0 Å². The summed E-state index contributed by atoms with van der Waals surface area (Å²) < 4.78 is 52.4. The van der Waals surface area contributed by atoms with Crippen molar-refractivity contribution in [3.05, 3.63) is 77.9 Å². The Morgan fingerprint density at radius 3 is 2.47 bits per heavy atom. The highest BCUT2D eigenvalue weighted by molar-refractivity contribution is 8.00. The fraction of sp³-hybridized carbons (Fsp3) is 0.286. The molecule has 1 aromatic heterocycles. The Hall–Kier alpha value is -2.63. The van der Waals surface area contributed by atoms with E-state index in [4.69, 9.17) is 0 Å². The van der Waals surface area contributed by atoms with Crippen LogP contribution < -0.4 is 0 Å². The first-order valence-corrected chi connectivity index (χ1v) is 12.4. The monoisotopic (exact) mass is 481 g/mol. The minimum absolute atomic E-state index is 0.0537. The number of nitrogens with zero attached hydrogens (tertiary/aromatic N) is 3. The van der Waals surface area contributed by atoms with Crippen LogP contribution in [0, 0.1) is 11.6 Å². The minimum Gasteiger partial charge on any atom is -0.382 e. The van der Waals surface area contributed by atoms with Crippen LogP contribution in [0.25, 0.3) is 0 Å². The average Bonchev–Trinajstić information content (AvgIpc) is 3.23. The predicted octanol–water partition coefficient (Wildman–Crippen LogP) is 2.85. The van der Waals surface area contributed by atoms with E-state index in [2.05, 4.69) is 10.1 Å². The number of halogens is 2. The fourth-order valence-electron chi connectivity index (χ4n) is 3.14. The predicted molar refractivity (Wildman–Crippen MR) is 116 cm³/mol. The van der Waals surface area contributed by atoms with Gasteiger partial charge in [-0.05, 0) is 18.2 Å². The zero-order valence-electron chi connectivity index (χ0n) is 17.3. The second kappa shape index (κ2) is 9.47. The van der Waals surface area contributed by atoms with Gasteiger partial charge in [0, 0.05) is 28.7 Å². The summed E-state index contributed by atoms with van der Waals surface area (Å²) in [6, 6.07) is 8.46. The first-order valence-electron chi connectivity index (χ1n) is 9.46. The number of benzene rings is 2. The maximum Gasteiger partial charge on any atom is 0.175 e. The highest BCUT2D eigenvalue weighted by atomic mass is 32.2. The molecule has 0 aliphatic rings. The number of ketones is 1. The number of carbonyl (C=O) groups excluding carboxylic acids is 1. The van der Waals surface area contributed by atoms with Gasteiger partial charge in [-0.2, -0.15) is 5.10 Å². The van der Waals surface area contributed by atoms with Crippen molar-refractivity contribution in [1.29, 1.82) is 0 Å². The van der Waals surface area contributed by atoms with E-state index in [1.54, 1.807) is 6.92 Å². The topological polar surface area (TPSA) is 102 Å². The molecule has 0 amide bonds. The van der Waals surface area contributed by atoms with Gasteiger partial charge in [-0.1, -0.05) is 25.1 Å². The van der Waals surface area contributed by atoms with Crippen LogP contribution in [0.1, 0.15) is 22.8 Å². The number of carbonyl (C=O) groups is 1. The smallest absolute Gasteiger partial charge is 0.175 e. The number of aliphatic hydroxyl groups is 1. The Morgan fingerprint density at radius 2 is 1.91 bits per heavy atom. The lowest BCUT2D eigenvalue weighted by atomic mass is 9.90. The lowest BCUT2D eigenvalue weighted by Crippen LogP contribution is -2.41. The zero-order chi connectivity index (χ0) is 23.5. The summed E-state index contributed by atoms with van der Waals surface area (Å²) in [6.07, 6.45) is 3.70. The molecule has 3 rings (SSSR count). The lowest BCUT2D eigenvalue weighted by Gasteiger charge is -2.34. The molecule has 0 radical (unpaired) electrons. The fourth-order valence-corrected chi connectivity index (χ4v) is 4.82. The third kappa shape index (κ3) is 5.40. The highest BCUT2D eigenvalue weighted by Gasteiger charge is 2.39. The van der Waals surface area contributed by atoms with E-state index in [0.29, 0.717) is 11.6 Å². The number of sulfone groups is 1. The van der Waals surface area contributed by atoms with Crippen LogP contribution in [0.15, 0.2) is 60.0 Å². The van der Waals surface area contributed by atoms with Crippen molar-refractivity contribution >= 4 is 27.4 Å². The van der Waals surface area contributed by atoms with Gasteiger partial charge in [0.05, 0.1) is 17.2 Å². The van der Waals surface area contributed by atoms with E-state index in [1.165, 1.54) is 47.7 Å². The molecule has 2 aromatic carbocycles. The maximum atomic E-state index is 14.6. The Labute approximate surface area is 188 Å². The molecule has 1 heterocycles. The first kappa shape index (κ1) is 24.0. The van der Waals surface area contributed by atoms with Crippen molar-refractivity contribution in [2.45, 2.75) is 29.2 Å². The number of hydrogen-bond donors (Lipinski definition) is 1. The van der Waals surface area contributed by atoms with Crippen LogP contribution in [-0.4, -0.2) is 51.3 Å². The average molecular weight is 482 g/mol. The first-order chi connectivity index (χ1) is 15.0. The molecule has 0 aliphatic carbocycles. The Bertz CT molecular complexity index is 1200. The second-order valence-electron chi connectivity index (χ2n) is 7.31. The molecule has 170 valence electrons. The number of Topliss-reactive ketones (excluding diaryl/α,β-unsaturated/α-hetero) is 1. The number of hydrogen-bond acceptors (Lipinski definition) is 7. The van der Waals surface area contributed by atoms with E-state index in [-0.39, 0.29) is 28.5 Å². The molecule has 0 aliphatic heterocycles. The van der Waals surface area contributed by atoms with Gasteiger partial charge in [-0.3, -0.25) is 4.79 Å². The number of aromatic nitrogens is 3. The van der Waals surface area contributed by atoms with Gasteiger partial charge in [-0.15, -0.1) is 11.8 Å². The van der Waals surface area contributed by atoms with Gasteiger partial charge in [0.2, 0.25) is 0 Å². The van der Waals surface area contributed by atoms with Crippen LogP contribution in [-0.2, 0) is 22.0 Å². The van der Waals surface area contributed by atoms with E-state index in [9.17, 15) is 27.1 Å². The zero-order valence-corrected chi connectivity index (χ0v) is 18.9. The van der Waals surface area contributed by atoms with Crippen LogP contribution in [0.4, 0.5) is 8.78 Å². The molecule has 0 saturated carbocycles. The molecule has 0 unspecified atom stereocenters. The van der Waals surface area contributed by atoms with Crippen molar-refractivity contribution in [1.82, 2.24) is 14.8 Å². The molecule has 0 saturated heterocycles. The molecule has 0 bridgehead atoms. The van der Waals surface area contributed by atoms with Crippen molar-refractivity contribution in [3.63, 3.8) is 0 Å². The van der Waals surface area contributed by atoms with E-state index in [0.717, 1.165) is 24.1 Å². The molecule has 3 aromatic rings. The van der Waals surface area contributed by atoms with E-state index in [1.807, 2.05) is 0 Å². The quantitative estimate of drug-likeness (QED) is 0.469. The molecule has 11 heteroatoms. The normalized spacial score (nSPS) is 14.7. The largest absolute Gasteiger partial charge is 0.382 e. The Kier molecular flexibility index (Phi) is 7.11. The van der Waals surface area contributed by atoms with Crippen LogP contribution in [0.2, 0.25) is 0 Å². The summed E-state index contributed by atoms with van der Waals surface area (Å²) >= 11 is 1.09. The standard InChI is InChI=1S/C21H21F2N3O4S2/c1-14(31-10-20(27)15-3-6-17(7-4-15)32(2,29)30)21(28,11-26-13-24-12-25-26)18-8-5-16(22)9-19(18)23/h3-9,12-14,28H,10-11H2,1-2H3/t14-,21-/m1/s1. The summed E-state index contributed by atoms with van der Waals surface area (Å²) in [4.78, 5) is 16.5. The lowest BCUT2D eigenvalue weighted by molar-refractivity contribution is 0.0134. The number of rotatable bonds is 9. The summed E-state index contributed by atoms with van der Waals surface area (Å²) in [7, 11) is -3.38. The van der Waals surface area contributed by atoms with E-state index < -0.39 is 32.3 Å². The van der Waals surface area contributed by atoms with Crippen molar-refractivity contribution in [3.8, 4) is 0 Å². The summed E-state index contributed by atoms with van der Waals surface area (Å²) in [5, 5.41) is 14.7. The Morgan fingerprint density at radius 1 is 1.22 bits per heavy atom. The van der Waals surface area contributed by atoms with Crippen molar-refractivity contribution in [2.75, 3.05) is 12.0 Å². The van der Waals surface area contributed by atoms with Crippen molar-refractivity contribution < 1.29 is 27.1 Å². The molecule has 0 spiro atoms. The summed E-state index contributed by atoms with van der Waals surface area (Å²) in [5.74, 6) is -2.03. The molecule has 0 fully saturated rings. The van der Waals surface area contributed by atoms with Gasteiger partial charge in [0.15, 0.2) is 15.6 Å². The molecular formula is C21H21F2N3O4S2.